The van der Waals surface area contributed by atoms with Gasteiger partial charge in [0.15, 0.2) is 15.0 Å². The molecular formula is C22H28ClN3O4S3. The number of thiazole rings is 1. The second-order valence-electron chi connectivity index (χ2n) is 7.49. The Bertz CT molecular complexity index is 1180. The van der Waals surface area contributed by atoms with Crippen molar-refractivity contribution in [3.05, 3.63) is 42.5 Å². The largest absolute Gasteiger partial charge is 0.497 e. The number of fused-ring (bicyclic) bond motifs is 1. The van der Waals surface area contributed by atoms with Gasteiger partial charge < -0.3 is 9.64 Å². The van der Waals surface area contributed by atoms with Crippen LogP contribution in [0.1, 0.15) is 6.42 Å². The first-order valence-electron chi connectivity index (χ1n) is 10.0. The molecule has 3 aromatic rings. The van der Waals surface area contributed by atoms with Crippen LogP contribution in [0, 0.1) is 0 Å². The molecule has 0 aliphatic rings. The standard InChI is InChI=1S/C22H27N3O4S3.ClH/c1-24(2)13-14-25(20(26)12-15-30-17-10-8-16(29-3)9-11-17)22-23-21-18(31-22)6-5-7-19(21)32(4,27)28;/h5-11H,12-15H2,1-4H3;1H. The molecule has 0 N–H and O–H groups in total. The van der Waals surface area contributed by atoms with Crippen LogP contribution in [0.4, 0.5) is 5.13 Å². The van der Waals surface area contributed by atoms with Crippen molar-refractivity contribution in [1.29, 1.82) is 0 Å². The lowest BCUT2D eigenvalue weighted by molar-refractivity contribution is -0.118. The van der Waals surface area contributed by atoms with Gasteiger partial charge >= 0.3 is 0 Å². The van der Waals surface area contributed by atoms with E-state index < -0.39 is 9.84 Å². The Balaban J connectivity index is 0.00000385. The normalized spacial score (nSPS) is 11.4. The first kappa shape index (κ1) is 27.4. The summed E-state index contributed by atoms with van der Waals surface area (Å²) in [6.07, 6.45) is 1.52. The summed E-state index contributed by atoms with van der Waals surface area (Å²) in [5, 5.41) is 0.525. The van der Waals surface area contributed by atoms with Crippen LogP contribution in [0.3, 0.4) is 0 Å². The van der Waals surface area contributed by atoms with E-state index in [1.54, 1.807) is 35.9 Å². The molecule has 11 heteroatoms. The van der Waals surface area contributed by atoms with Crippen molar-refractivity contribution in [2.75, 3.05) is 51.2 Å². The van der Waals surface area contributed by atoms with Gasteiger partial charge in [-0.05, 0) is 50.5 Å². The second-order valence-corrected chi connectivity index (χ2v) is 11.7. The van der Waals surface area contributed by atoms with Gasteiger partial charge in [0, 0.05) is 36.4 Å². The highest BCUT2D eigenvalue weighted by molar-refractivity contribution is 7.99. The number of nitrogens with zero attached hydrogens (tertiary/aromatic N) is 3. The van der Waals surface area contributed by atoms with Crippen molar-refractivity contribution in [2.45, 2.75) is 16.2 Å². The molecular weight excluding hydrogens is 502 g/mol. The molecule has 1 aromatic heterocycles. The number of halogens is 1. The molecule has 0 spiro atoms. The summed E-state index contributed by atoms with van der Waals surface area (Å²) in [5.41, 5.74) is 0.422. The highest BCUT2D eigenvalue weighted by Crippen LogP contribution is 2.33. The van der Waals surface area contributed by atoms with Crippen LogP contribution >= 0.6 is 35.5 Å². The molecule has 0 fully saturated rings. The van der Waals surface area contributed by atoms with Crippen molar-refractivity contribution < 1.29 is 17.9 Å². The third-order valence-electron chi connectivity index (χ3n) is 4.72. The minimum Gasteiger partial charge on any atom is -0.497 e. The highest BCUT2D eigenvalue weighted by atomic mass is 35.5. The van der Waals surface area contributed by atoms with Crippen LogP contribution in [0.15, 0.2) is 52.3 Å². The number of hydrogen-bond donors (Lipinski definition) is 0. The van der Waals surface area contributed by atoms with E-state index in [9.17, 15) is 13.2 Å². The Morgan fingerprint density at radius 3 is 2.42 bits per heavy atom. The summed E-state index contributed by atoms with van der Waals surface area (Å²) >= 11 is 2.95. The number of carbonyl (C=O) groups is 1. The molecule has 0 bridgehead atoms. The van der Waals surface area contributed by atoms with Gasteiger partial charge in [0.1, 0.15) is 11.3 Å². The molecule has 2 aromatic carbocycles. The molecule has 0 radical (unpaired) electrons. The molecule has 1 amide bonds. The maximum atomic E-state index is 13.1. The van der Waals surface area contributed by atoms with E-state index in [1.807, 2.05) is 49.3 Å². The molecule has 0 atom stereocenters. The van der Waals surface area contributed by atoms with E-state index in [4.69, 9.17) is 4.74 Å². The van der Waals surface area contributed by atoms with Crippen LogP contribution in [-0.4, -0.2) is 70.5 Å². The number of aromatic nitrogens is 1. The number of benzene rings is 2. The number of amides is 1. The van der Waals surface area contributed by atoms with Gasteiger partial charge in [-0.1, -0.05) is 17.4 Å². The Hall–Kier alpha value is -1.85. The summed E-state index contributed by atoms with van der Waals surface area (Å²) in [6, 6.07) is 12.8. The summed E-state index contributed by atoms with van der Waals surface area (Å²) < 4.78 is 30.2. The number of sulfone groups is 1. The molecule has 0 unspecified atom stereocenters. The average Bonchev–Trinajstić information content (AvgIpc) is 3.17. The predicted octanol–water partition coefficient (Wildman–Crippen LogP) is 4.21. The van der Waals surface area contributed by atoms with E-state index in [1.165, 1.54) is 17.6 Å². The summed E-state index contributed by atoms with van der Waals surface area (Å²) in [6.45, 7) is 1.15. The molecule has 7 nitrogen and oxygen atoms in total. The van der Waals surface area contributed by atoms with E-state index in [0.29, 0.717) is 35.9 Å². The summed E-state index contributed by atoms with van der Waals surface area (Å²) in [5.74, 6) is 1.39. The fourth-order valence-corrected chi connectivity index (χ4v) is 5.79. The van der Waals surface area contributed by atoms with Crippen molar-refractivity contribution in [3.8, 4) is 5.75 Å². The number of thioether (sulfide) groups is 1. The molecule has 0 aliphatic heterocycles. The van der Waals surface area contributed by atoms with Gasteiger partial charge in [-0.15, -0.1) is 24.2 Å². The van der Waals surface area contributed by atoms with Gasteiger partial charge in [-0.3, -0.25) is 9.69 Å². The quantitative estimate of drug-likeness (QED) is 0.364. The van der Waals surface area contributed by atoms with Crippen LogP contribution in [0.25, 0.3) is 10.2 Å². The minimum absolute atomic E-state index is 0. The predicted molar refractivity (Wildman–Crippen MR) is 139 cm³/mol. The summed E-state index contributed by atoms with van der Waals surface area (Å²) in [7, 11) is 2.11. The van der Waals surface area contributed by atoms with Gasteiger partial charge in [0.05, 0.1) is 16.7 Å². The number of likely N-dealkylation sites (N-methyl/N-ethyl adjacent to an activating group) is 1. The van der Waals surface area contributed by atoms with Crippen LogP contribution in [-0.2, 0) is 14.6 Å². The third kappa shape index (κ3) is 7.31. The number of methoxy groups -OCH3 is 1. The number of anilines is 1. The first-order chi connectivity index (χ1) is 15.2. The van der Waals surface area contributed by atoms with Gasteiger partial charge in [0.25, 0.3) is 0 Å². The van der Waals surface area contributed by atoms with Gasteiger partial charge in [-0.2, -0.15) is 0 Å². The maximum absolute atomic E-state index is 13.1. The van der Waals surface area contributed by atoms with Crippen molar-refractivity contribution in [3.63, 3.8) is 0 Å². The lowest BCUT2D eigenvalue weighted by Gasteiger charge is -2.22. The van der Waals surface area contributed by atoms with Crippen LogP contribution in [0.2, 0.25) is 0 Å². The van der Waals surface area contributed by atoms with Crippen molar-refractivity contribution in [2.24, 2.45) is 0 Å². The third-order valence-corrected chi connectivity index (χ3v) is 7.90. The van der Waals surface area contributed by atoms with E-state index in [-0.39, 0.29) is 23.2 Å². The van der Waals surface area contributed by atoms with Crippen LogP contribution < -0.4 is 9.64 Å². The molecule has 180 valence electrons. The van der Waals surface area contributed by atoms with E-state index in [0.717, 1.165) is 15.3 Å². The number of carbonyl (C=O) groups excluding carboxylic acids is 1. The highest BCUT2D eigenvalue weighted by Gasteiger charge is 2.22. The molecule has 3 rings (SSSR count). The molecule has 0 saturated carbocycles. The van der Waals surface area contributed by atoms with E-state index >= 15 is 0 Å². The van der Waals surface area contributed by atoms with Gasteiger partial charge in [-0.25, -0.2) is 13.4 Å². The fourth-order valence-electron chi connectivity index (χ4n) is 3.02. The Morgan fingerprint density at radius 1 is 1.12 bits per heavy atom. The number of para-hydroxylation sites is 1. The second kappa shape index (κ2) is 12.0. The lowest BCUT2D eigenvalue weighted by atomic mass is 10.3. The topological polar surface area (TPSA) is 79.8 Å². The zero-order chi connectivity index (χ0) is 23.3. The Labute approximate surface area is 209 Å². The molecule has 1 heterocycles. The minimum atomic E-state index is -3.42. The Kier molecular flexibility index (Phi) is 9.99. The van der Waals surface area contributed by atoms with Crippen molar-refractivity contribution >= 4 is 66.6 Å². The van der Waals surface area contributed by atoms with Gasteiger partial charge in [0.2, 0.25) is 5.91 Å². The lowest BCUT2D eigenvalue weighted by Crippen LogP contribution is -2.36. The maximum Gasteiger partial charge on any atom is 0.229 e. The molecule has 0 aliphatic carbocycles. The smallest absolute Gasteiger partial charge is 0.229 e. The average molecular weight is 530 g/mol. The zero-order valence-corrected chi connectivity index (χ0v) is 22.2. The monoisotopic (exact) mass is 529 g/mol. The van der Waals surface area contributed by atoms with Crippen molar-refractivity contribution in [1.82, 2.24) is 9.88 Å². The number of hydrogen-bond acceptors (Lipinski definition) is 8. The SMILES string of the molecule is COc1ccc(SCCC(=O)N(CCN(C)C)c2nc3c(S(C)(=O)=O)cccc3s2)cc1.Cl. The Morgan fingerprint density at radius 2 is 1.82 bits per heavy atom. The number of ether oxygens (including phenoxy) is 1. The fraction of sp³-hybridized carbons (Fsp3) is 0.364. The van der Waals surface area contributed by atoms with E-state index in [2.05, 4.69) is 4.98 Å². The molecule has 33 heavy (non-hydrogen) atoms. The zero-order valence-electron chi connectivity index (χ0n) is 19.0. The number of rotatable bonds is 10. The summed E-state index contributed by atoms with van der Waals surface area (Å²) in [4.78, 5) is 22.6. The molecule has 0 saturated heterocycles. The van der Waals surface area contributed by atoms with Crippen LogP contribution in [0.5, 0.6) is 5.75 Å². The first-order valence-corrected chi connectivity index (χ1v) is 13.7.